The molecule has 5 rings (SSSR count). The van der Waals surface area contributed by atoms with Crippen molar-refractivity contribution in [2.75, 3.05) is 11.9 Å². The first kappa shape index (κ1) is 30.4. The van der Waals surface area contributed by atoms with E-state index in [0.29, 0.717) is 12.8 Å². The van der Waals surface area contributed by atoms with Gasteiger partial charge in [-0.2, -0.15) is 18.3 Å². The second-order valence-corrected chi connectivity index (χ2v) is 9.79. The van der Waals surface area contributed by atoms with Crippen molar-refractivity contribution in [3.8, 4) is 17.2 Å². The number of aromatic carboxylic acids is 1. The Bertz CT molecular complexity index is 1700. The highest BCUT2D eigenvalue weighted by atomic mass is 19.4. The molecular formula is C29H22F6N4O5. The minimum Gasteiger partial charge on any atom is -0.484 e. The van der Waals surface area contributed by atoms with Crippen molar-refractivity contribution >= 4 is 17.6 Å². The monoisotopic (exact) mass is 620 g/mol. The molecule has 1 aliphatic carbocycles. The van der Waals surface area contributed by atoms with Gasteiger partial charge < -0.3 is 19.5 Å². The summed E-state index contributed by atoms with van der Waals surface area (Å²) in [5, 5.41) is 13.0. The Morgan fingerprint density at radius 3 is 2.36 bits per heavy atom. The number of amides is 1. The van der Waals surface area contributed by atoms with E-state index in [9.17, 15) is 35.9 Å². The Kier molecular flexibility index (Phi) is 7.97. The smallest absolute Gasteiger partial charge is 0.484 e. The van der Waals surface area contributed by atoms with E-state index in [2.05, 4.69) is 14.8 Å². The average molecular weight is 621 g/mol. The van der Waals surface area contributed by atoms with Crippen LogP contribution >= 0.6 is 0 Å². The van der Waals surface area contributed by atoms with Gasteiger partial charge in [-0.05, 0) is 61.7 Å². The second-order valence-electron chi connectivity index (χ2n) is 9.79. The van der Waals surface area contributed by atoms with Crippen LogP contribution in [0.3, 0.4) is 0 Å². The maximum Gasteiger partial charge on any atom is 0.573 e. The Morgan fingerprint density at radius 2 is 1.70 bits per heavy atom. The topological polar surface area (TPSA) is 107 Å². The van der Waals surface area contributed by atoms with Gasteiger partial charge in [0.15, 0.2) is 5.69 Å². The van der Waals surface area contributed by atoms with Crippen LogP contribution in [0.15, 0.2) is 67.0 Å². The minimum atomic E-state index is -4.97. The van der Waals surface area contributed by atoms with E-state index >= 15 is 0 Å². The summed E-state index contributed by atoms with van der Waals surface area (Å²) in [7, 11) is 1.29. The van der Waals surface area contributed by atoms with Crippen molar-refractivity contribution in [2.24, 2.45) is 0 Å². The summed E-state index contributed by atoms with van der Waals surface area (Å²) in [5.41, 5.74) is -0.929. The number of pyridine rings is 1. The van der Waals surface area contributed by atoms with Gasteiger partial charge in [-0.15, -0.1) is 13.2 Å². The predicted octanol–water partition coefficient (Wildman–Crippen LogP) is 6.62. The van der Waals surface area contributed by atoms with Crippen LogP contribution < -0.4 is 14.4 Å². The molecule has 230 valence electrons. The molecule has 44 heavy (non-hydrogen) atoms. The molecular weight excluding hydrogens is 598 g/mol. The lowest BCUT2D eigenvalue weighted by molar-refractivity contribution is -0.274. The summed E-state index contributed by atoms with van der Waals surface area (Å²) in [6, 6.07) is 12.0. The van der Waals surface area contributed by atoms with Gasteiger partial charge in [-0.3, -0.25) is 9.78 Å². The highest BCUT2D eigenvalue weighted by molar-refractivity contribution is 6.06. The number of carboxylic acid groups (broad SMARTS) is 1. The SMILES string of the molecule is CN(C(=O)c1cccc(-n2nc(C(F)(F)F)c3c2C(Oc2ccc(C(=O)O)cc2)CCC3)c1)c1cncc(OC(F)(F)F)c1. The highest BCUT2D eigenvalue weighted by Crippen LogP contribution is 2.42. The van der Waals surface area contributed by atoms with Gasteiger partial charge in [0, 0.05) is 24.2 Å². The largest absolute Gasteiger partial charge is 0.573 e. The maximum absolute atomic E-state index is 14.1. The van der Waals surface area contributed by atoms with E-state index in [1.807, 2.05) is 0 Å². The van der Waals surface area contributed by atoms with Crippen LogP contribution in [-0.2, 0) is 12.6 Å². The number of benzene rings is 2. The van der Waals surface area contributed by atoms with Gasteiger partial charge in [-0.1, -0.05) is 6.07 Å². The average Bonchev–Trinajstić information content (AvgIpc) is 3.38. The van der Waals surface area contributed by atoms with Crippen LogP contribution in [0.4, 0.5) is 32.0 Å². The molecule has 0 radical (unpaired) electrons. The van der Waals surface area contributed by atoms with E-state index < -0.39 is 42.0 Å². The molecule has 1 unspecified atom stereocenters. The van der Waals surface area contributed by atoms with Gasteiger partial charge in [0.1, 0.15) is 17.6 Å². The molecule has 2 aromatic heterocycles. The molecule has 15 heteroatoms. The number of carbonyl (C=O) groups excluding carboxylic acids is 1. The van der Waals surface area contributed by atoms with Crippen molar-refractivity contribution in [3.05, 3.63) is 95.1 Å². The molecule has 1 amide bonds. The third-order valence-corrected chi connectivity index (χ3v) is 6.83. The fourth-order valence-corrected chi connectivity index (χ4v) is 4.88. The number of ether oxygens (including phenoxy) is 2. The lowest BCUT2D eigenvalue weighted by Gasteiger charge is -2.26. The molecule has 1 aliphatic rings. The number of nitrogens with zero attached hydrogens (tertiary/aromatic N) is 4. The zero-order valence-electron chi connectivity index (χ0n) is 22.7. The van der Waals surface area contributed by atoms with Gasteiger partial charge in [-0.25, -0.2) is 9.48 Å². The summed E-state index contributed by atoms with van der Waals surface area (Å²) in [5.74, 6) is -2.25. The fourth-order valence-electron chi connectivity index (χ4n) is 4.88. The van der Waals surface area contributed by atoms with Crippen LogP contribution in [0.2, 0.25) is 0 Å². The van der Waals surface area contributed by atoms with Crippen molar-refractivity contribution in [2.45, 2.75) is 37.9 Å². The number of carboxylic acids is 1. The van der Waals surface area contributed by atoms with Crippen LogP contribution in [0.25, 0.3) is 5.69 Å². The Balaban J connectivity index is 1.50. The number of aromatic nitrogens is 3. The lowest BCUT2D eigenvalue weighted by atomic mass is 9.92. The summed E-state index contributed by atoms with van der Waals surface area (Å²) >= 11 is 0. The molecule has 1 atom stereocenters. The summed E-state index contributed by atoms with van der Waals surface area (Å²) in [6.07, 6.45) is -7.89. The Morgan fingerprint density at radius 1 is 0.977 bits per heavy atom. The van der Waals surface area contributed by atoms with Crippen LogP contribution in [0.1, 0.15) is 56.6 Å². The number of fused-ring (bicyclic) bond motifs is 1. The molecule has 0 saturated carbocycles. The fraction of sp³-hybridized carbons (Fsp3) is 0.241. The predicted molar refractivity (Wildman–Crippen MR) is 142 cm³/mol. The third kappa shape index (κ3) is 6.45. The molecule has 2 heterocycles. The highest BCUT2D eigenvalue weighted by Gasteiger charge is 2.42. The van der Waals surface area contributed by atoms with Gasteiger partial charge >= 0.3 is 18.5 Å². The summed E-state index contributed by atoms with van der Waals surface area (Å²) < 4.78 is 91.2. The van der Waals surface area contributed by atoms with E-state index in [4.69, 9.17) is 9.84 Å². The molecule has 4 aromatic rings. The Labute approximate surface area is 245 Å². The molecule has 2 aromatic carbocycles. The first-order valence-electron chi connectivity index (χ1n) is 13.0. The number of carbonyl (C=O) groups is 2. The molecule has 0 fully saturated rings. The number of alkyl halides is 6. The summed E-state index contributed by atoms with van der Waals surface area (Å²) in [4.78, 5) is 29.2. The van der Waals surface area contributed by atoms with E-state index in [-0.39, 0.29) is 45.9 Å². The van der Waals surface area contributed by atoms with Gasteiger partial charge in [0.25, 0.3) is 5.91 Å². The number of halogens is 6. The van der Waals surface area contributed by atoms with Crippen LogP contribution in [0, 0.1) is 0 Å². The first-order chi connectivity index (χ1) is 20.7. The van der Waals surface area contributed by atoms with E-state index in [1.54, 1.807) is 0 Å². The molecule has 0 spiro atoms. The Hall–Kier alpha value is -5.08. The van der Waals surface area contributed by atoms with E-state index in [1.165, 1.54) is 55.6 Å². The number of hydrogen-bond donors (Lipinski definition) is 1. The molecule has 0 aliphatic heterocycles. The standard InChI is InChI=1S/C29H22F6N4O5/c1-38(19-13-21(15-36-14-19)44-29(33,34)35)26(40)17-4-2-5-18(12-17)39-24-22(25(37-39)28(30,31)32)6-3-7-23(24)43-20-10-8-16(9-11-20)27(41)42/h2,4-5,8-15,23H,3,6-7H2,1H3,(H,41,42). The van der Waals surface area contributed by atoms with Gasteiger partial charge in [0.05, 0.1) is 35.0 Å². The third-order valence-electron chi connectivity index (χ3n) is 6.83. The van der Waals surface area contributed by atoms with Crippen molar-refractivity contribution in [1.82, 2.24) is 14.8 Å². The maximum atomic E-state index is 14.1. The zero-order valence-corrected chi connectivity index (χ0v) is 22.7. The van der Waals surface area contributed by atoms with Gasteiger partial charge in [0.2, 0.25) is 0 Å². The normalized spacial score (nSPS) is 14.9. The van der Waals surface area contributed by atoms with Crippen molar-refractivity contribution in [3.63, 3.8) is 0 Å². The minimum absolute atomic E-state index is 0.00230. The zero-order chi connectivity index (χ0) is 31.8. The quantitative estimate of drug-likeness (QED) is 0.232. The van der Waals surface area contributed by atoms with Crippen molar-refractivity contribution < 1.29 is 50.5 Å². The molecule has 9 nitrogen and oxygen atoms in total. The molecule has 0 bridgehead atoms. The van der Waals surface area contributed by atoms with Crippen LogP contribution in [0.5, 0.6) is 11.5 Å². The lowest BCUT2D eigenvalue weighted by Crippen LogP contribution is -2.27. The first-order valence-corrected chi connectivity index (χ1v) is 13.0. The number of rotatable bonds is 7. The summed E-state index contributed by atoms with van der Waals surface area (Å²) in [6.45, 7) is 0. The molecule has 1 N–H and O–H groups in total. The van der Waals surface area contributed by atoms with Crippen molar-refractivity contribution in [1.29, 1.82) is 0 Å². The second kappa shape index (κ2) is 11.5. The van der Waals surface area contributed by atoms with Crippen LogP contribution in [-0.4, -0.2) is 45.2 Å². The number of hydrogen-bond acceptors (Lipinski definition) is 6. The number of anilines is 1. The molecule has 0 saturated heterocycles. The van der Waals surface area contributed by atoms with E-state index in [0.717, 1.165) is 28.0 Å².